The third kappa shape index (κ3) is 4.01. The summed E-state index contributed by atoms with van der Waals surface area (Å²) in [6.45, 7) is 5.02. The monoisotopic (exact) mass is 413 g/mol. The number of hydrogen-bond donors (Lipinski definition) is 2. The molecule has 7 nitrogen and oxygen atoms in total. The lowest BCUT2D eigenvalue weighted by Crippen LogP contribution is -2.25. The Labute approximate surface area is 181 Å². The molecule has 0 atom stereocenters. The number of tetrazole rings is 1. The topological polar surface area (TPSA) is 84.3 Å². The fourth-order valence-corrected chi connectivity index (χ4v) is 4.29. The number of H-pyrrole nitrogens is 1. The highest BCUT2D eigenvalue weighted by atomic mass is 15.5. The molecular formula is C24H27N7. The Morgan fingerprint density at radius 2 is 1.87 bits per heavy atom. The van der Waals surface area contributed by atoms with E-state index < -0.39 is 0 Å². The summed E-state index contributed by atoms with van der Waals surface area (Å²) in [4.78, 5) is 4.99. The van der Waals surface area contributed by atoms with E-state index in [1.54, 1.807) is 0 Å². The van der Waals surface area contributed by atoms with E-state index in [2.05, 4.69) is 67.8 Å². The van der Waals surface area contributed by atoms with Gasteiger partial charge in [0.15, 0.2) is 0 Å². The second kappa shape index (κ2) is 8.81. The highest BCUT2D eigenvalue weighted by Gasteiger charge is 2.19. The highest BCUT2D eigenvalue weighted by molar-refractivity contribution is 5.80. The van der Waals surface area contributed by atoms with E-state index in [4.69, 9.17) is 4.98 Å². The van der Waals surface area contributed by atoms with Gasteiger partial charge in [-0.2, -0.15) is 5.21 Å². The molecule has 0 saturated carbocycles. The summed E-state index contributed by atoms with van der Waals surface area (Å²) in [5, 5.41) is 18.1. The molecule has 0 bridgehead atoms. The summed E-state index contributed by atoms with van der Waals surface area (Å²) < 4.78 is 2.43. The van der Waals surface area contributed by atoms with E-state index in [1.807, 2.05) is 18.2 Å². The van der Waals surface area contributed by atoms with Crippen LogP contribution in [-0.2, 0) is 25.9 Å². The number of hydrogen-bond acceptors (Lipinski definition) is 5. The first-order valence-corrected chi connectivity index (χ1v) is 11.0. The van der Waals surface area contributed by atoms with Crippen molar-refractivity contribution in [3.63, 3.8) is 0 Å². The highest BCUT2D eigenvalue weighted by Crippen LogP contribution is 2.30. The lowest BCUT2D eigenvalue weighted by Gasteiger charge is -2.17. The fraction of sp³-hybridized carbons (Fsp3) is 0.333. The van der Waals surface area contributed by atoms with Crippen LogP contribution in [0.5, 0.6) is 0 Å². The number of fused-ring (bicyclic) bond motifs is 1. The minimum absolute atomic E-state index is 0.609. The van der Waals surface area contributed by atoms with Gasteiger partial charge < -0.3 is 9.88 Å². The Kier molecular flexibility index (Phi) is 5.58. The fourth-order valence-electron chi connectivity index (χ4n) is 4.29. The van der Waals surface area contributed by atoms with E-state index in [-0.39, 0.29) is 0 Å². The summed E-state index contributed by atoms with van der Waals surface area (Å²) >= 11 is 0. The zero-order chi connectivity index (χ0) is 21.0. The first kappa shape index (κ1) is 19.6. The van der Waals surface area contributed by atoms with Gasteiger partial charge in [-0.3, -0.25) is 0 Å². The van der Waals surface area contributed by atoms with Crippen molar-refractivity contribution in [2.45, 2.75) is 45.7 Å². The molecule has 4 aromatic rings. The standard InChI is InChI=1S/C24H27N7/c1-2-3-8-23-26-21-13-14-25-15-22(21)31(23)16-17-9-11-18(12-10-17)19-6-4-5-7-20(19)24-27-29-30-28-24/h4-7,9-12,25H,2-3,8,13-16H2,1H3,(H,27,28,29,30). The summed E-state index contributed by atoms with van der Waals surface area (Å²) in [6, 6.07) is 17.0. The maximum Gasteiger partial charge on any atom is 0.205 e. The molecule has 1 aliphatic heterocycles. The molecular weight excluding hydrogens is 386 g/mol. The first-order chi connectivity index (χ1) is 15.3. The van der Waals surface area contributed by atoms with Crippen LogP contribution in [0, 0.1) is 0 Å². The van der Waals surface area contributed by atoms with Crippen LogP contribution in [0.3, 0.4) is 0 Å². The minimum Gasteiger partial charge on any atom is -0.326 e. The van der Waals surface area contributed by atoms with Crippen LogP contribution in [0.15, 0.2) is 48.5 Å². The van der Waals surface area contributed by atoms with Crippen LogP contribution in [-0.4, -0.2) is 36.7 Å². The quantitative estimate of drug-likeness (QED) is 0.482. The summed E-state index contributed by atoms with van der Waals surface area (Å²) in [5.41, 5.74) is 7.12. The van der Waals surface area contributed by atoms with Crippen molar-refractivity contribution in [2.24, 2.45) is 0 Å². The number of aromatic nitrogens is 6. The molecule has 3 heterocycles. The SMILES string of the molecule is CCCCc1nc2c(n1Cc1ccc(-c3ccccc3-c3nn[nH]n3)cc1)CNCC2. The lowest BCUT2D eigenvalue weighted by atomic mass is 9.98. The van der Waals surface area contributed by atoms with Crippen molar-refractivity contribution in [1.29, 1.82) is 0 Å². The predicted molar refractivity (Wildman–Crippen MR) is 120 cm³/mol. The molecule has 0 radical (unpaired) electrons. The Bertz CT molecular complexity index is 1140. The molecule has 5 rings (SSSR count). The Morgan fingerprint density at radius 3 is 2.65 bits per heavy atom. The van der Waals surface area contributed by atoms with E-state index in [0.29, 0.717) is 5.82 Å². The smallest absolute Gasteiger partial charge is 0.205 e. The molecule has 0 unspecified atom stereocenters. The van der Waals surface area contributed by atoms with Gasteiger partial charge in [0.25, 0.3) is 0 Å². The summed E-state index contributed by atoms with van der Waals surface area (Å²) in [5.74, 6) is 1.83. The molecule has 0 amide bonds. The number of benzene rings is 2. The average molecular weight is 414 g/mol. The number of nitrogens with one attached hydrogen (secondary N) is 2. The number of rotatable bonds is 7. The predicted octanol–water partition coefficient (Wildman–Crippen LogP) is 3.77. The number of unbranched alkanes of at least 4 members (excludes halogenated alkanes) is 1. The molecule has 2 aromatic carbocycles. The molecule has 0 saturated heterocycles. The van der Waals surface area contributed by atoms with Crippen molar-refractivity contribution in [3.05, 3.63) is 71.3 Å². The van der Waals surface area contributed by atoms with Crippen molar-refractivity contribution in [2.75, 3.05) is 6.54 Å². The molecule has 0 spiro atoms. The summed E-state index contributed by atoms with van der Waals surface area (Å²) in [6.07, 6.45) is 4.42. The molecule has 158 valence electrons. The van der Waals surface area contributed by atoms with Gasteiger partial charge in [-0.25, -0.2) is 4.98 Å². The van der Waals surface area contributed by atoms with E-state index in [0.717, 1.165) is 49.2 Å². The van der Waals surface area contributed by atoms with Gasteiger partial charge in [0, 0.05) is 38.0 Å². The molecule has 7 heteroatoms. The van der Waals surface area contributed by atoms with Crippen LogP contribution in [0.2, 0.25) is 0 Å². The molecule has 1 aliphatic rings. The van der Waals surface area contributed by atoms with E-state index in [1.165, 1.54) is 35.6 Å². The lowest BCUT2D eigenvalue weighted by molar-refractivity contribution is 0.585. The van der Waals surface area contributed by atoms with Crippen molar-refractivity contribution >= 4 is 0 Å². The number of aromatic amines is 1. The Morgan fingerprint density at radius 1 is 1.03 bits per heavy atom. The maximum absolute atomic E-state index is 4.99. The second-order valence-electron chi connectivity index (χ2n) is 8.02. The summed E-state index contributed by atoms with van der Waals surface area (Å²) in [7, 11) is 0. The minimum atomic E-state index is 0.609. The van der Waals surface area contributed by atoms with Gasteiger partial charge in [0.1, 0.15) is 5.82 Å². The maximum atomic E-state index is 4.99. The molecule has 2 N–H and O–H groups in total. The van der Waals surface area contributed by atoms with E-state index in [9.17, 15) is 0 Å². The van der Waals surface area contributed by atoms with Gasteiger partial charge in [0.05, 0.1) is 11.4 Å². The molecule has 31 heavy (non-hydrogen) atoms. The number of imidazole rings is 1. The second-order valence-corrected chi connectivity index (χ2v) is 8.02. The van der Waals surface area contributed by atoms with Gasteiger partial charge >= 0.3 is 0 Å². The van der Waals surface area contributed by atoms with Gasteiger partial charge in [-0.1, -0.05) is 61.9 Å². The number of nitrogens with zero attached hydrogens (tertiary/aromatic N) is 5. The largest absolute Gasteiger partial charge is 0.326 e. The van der Waals surface area contributed by atoms with Crippen LogP contribution < -0.4 is 5.32 Å². The Hall–Kier alpha value is -3.32. The Balaban J connectivity index is 1.43. The van der Waals surface area contributed by atoms with Crippen LogP contribution in [0.1, 0.15) is 42.5 Å². The normalized spacial score (nSPS) is 13.3. The molecule has 0 aliphatic carbocycles. The third-order valence-electron chi connectivity index (χ3n) is 5.94. The average Bonchev–Trinajstić information content (AvgIpc) is 3.47. The zero-order valence-electron chi connectivity index (χ0n) is 17.8. The van der Waals surface area contributed by atoms with Crippen LogP contribution >= 0.6 is 0 Å². The van der Waals surface area contributed by atoms with Gasteiger partial charge in [-0.05, 0) is 28.3 Å². The van der Waals surface area contributed by atoms with E-state index >= 15 is 0 Å². The van der Waals surface area contributed by atoms with Crippen LogP contribution in [0.4, 0.5) is 0 Å². The third-order valence-corrected chi connectivity index (χ3v) is 5.94. The molecule has 2 aromatic heterocycles. The molecule has 0 fully saturated rings. The zero-order valence-corrected chi connectivity index (χ0v) is 17.8. The van der Waals surface area contributed by atoms with Crippen molar-refractivity contribution in [1.82, 2.24) is 35.5 Å². The van der Waals surface area contributed by atoms with Gasteiger partial charge in [-0.15, -0.1) is 10.2 Å². The first-order valence-electron chi connectivity index (χ1n) is 11.0. The number of aryl methyl sites for hydroxylation is 1. The van der Waals surface area contributed by atoms with Crippen molar-refractivity contribution in [3.8, 4) is 22.5 Å². The van der Waals surface area contributed by atoms with Gasteiger partial charge in [0.2, 0.25) is 5.82 Å². The van der Waals surface area contributed by atoms with Crippen LogP contribution in [0.25, 0.3) is 22.5 Å². The van der Waals surface area contributed by atoms with Crippen molar-refractivity contribution < 1.29 is 0 Å².